The van der Waals surface area contributed by atoms with Crippen LogP contribution in [0.4, 0.5) is 0 Å². The molecule has 0 aromatic carbocycles. The molecule has 0 saturated carbocycles. The number of hydrogen-bond acceptors (Lipinski definition) is 3. The van der Waals surface area contributed by atoms with Crippen molar-refractivity contribution in [3.63, 3.8) is 0 Å². The van der Waals surface area contributed by atoms with Crippen molar-refractivity contribution in [1.29, 1.82) is 0 Å². The normalized spacial score (nSPS) is 32.6. The molecule has 3 nitrogen and oxygen atoms in total. The standard InChI is InChI=1S/C12H26N2O/c1-10(8-13)11(2)14-7-5-6-12(3,9-14)15-4/h10-11H,5-9,13H2,1-4H3. The minimum absolute atomic E-state index is 0.0425. The van der Waals surface area contributed by atoms with Gasteiger partial charge in [0, 0.05) is 19.7 Å². The van der Waals surface area contributed by atoms with Crippen molar-refractivity contribution in [1.82, 2.24) is 4.90 Å². The topological polar surface area (TPSA) is 38.5 Å². The average molecular weight is 214 g/mol. The van der Waals surface area contributed by atoms with Crippen molar-refractivity contribution in [3.05, 3.63) is 0 Å². The molecule has 1 heterocycles. The Morgan fingerprint density at radius 3 is 2.67 bits per heavy atom. The number of ether oxygens (including phenoxy) is 1. The van der Waals surface area contributed by atoms with Gasteiger partial charge in [-0.15, -0.1) is 0 Å². The summed E-state index contributed by atoms with van der Waals surface area (Å²) in [6, 6.07) is 0.560. The highest BCUT2D eigenvalue weighted by molar-refractivity contribution is 4.88. The van der Waals surface area contributed by atoms with Gasteiger partial charge in [0.2, 0.25) is 0 Å². The van der Waals surface area contributed by atoms with Gasteiger partial charge in [-0.1, -0.05) is 6.92 Å². The molecule has 3 heteroatoms. The van der Waals surface area contributed by atoms with Crippen molar-refractivity contribution < 1.29 is 4.74 Å². The highest BCUT2D eigenvalue weighted by atomic mass is 16.5. The zero-order valence-corrected chi connectivity index (χ0v) is 10.6. The summed E-state index contributed by atoms with van der Waals surface area (Å²) in [4.78, 5) is 2.52. The summed E-state index contributed by atoms with van der Waals surface area (Å²) in [5, 5.41) is 0. The van der Waals surface area contributed by atoms with Crippen LogP contribution in [-0.2, 0) is 4.74 Å². The van der Waals surface area contributed by atoms with Crippen LogP contribution >= 0.6 is 0 Å². The Hall–Kier alpha value is -0.120. The number of rotatable bonds is 4. The third kappa shape index (κ3) is 3.16. The predicted octanol–water partition coefficient (Wildman–Crippen LogP) is 1.47. The van der Waals surface area contributed by atoms with Crippen LogP contribution in [0.5, 0.6) is 0 Å². The third-order valence-electron chi connectivity index (χ3n) is 3.95. The van der Waals surface area contributed by atoms with E-state index >= 15 is 0 Å². The van der Waals surface area contributed by atoms with Crippen LogP contribution in [-0.4, -0.2) is 43.3 Å². The maximum atomic E-state index is 5.72. The summed E-state index contributed by atoms with van der Waals surface area (Å²) < 4.78 is 5.60. The van der Waals surface area contributed by atoms with E-state index in [9.17, 15) is 0 Å². The van der Waals surface area contributed by atoms with Crippen LogP contribution in [0.3, 0.4) is 0 Å². The van der Waals surface area contributed by atoms with Gasteiger partial charge in [-0.25, -0.2) is 0 Å². The predicted molar refractivity (Wildman–Crippen MR) is 63.9 cm³/mol. The molecule has 0 amide bonds. The lowest BCUT2D eigenvalue weighted by molar-refractivity contribution is -0.0641. The van der Waals surface area contributed by atoms with E-state index in [0.29, 0.717) is 12.0 Å². The van der Waals surface area contributed by atoms with E-state index in [1.54, 1.807) is 0 Å². The minimum atomic E-state index is 0.0425. The summed E-state index contributed by atoms with van der Waals surface area (Å²) >= 11 is 0. The second kappa shape index (κ2) is 5.28. The lowest BCUT2D eigenvalue weighted by Crippen LogP contribution is -2.52. The summed E-state index contributed by atoms with van der Waals surface area (Å²) in [5.74, 6) is 0.559. The molecule has 2 N–H and O–H groups in total. The molecule has 0 radical (unpaired) electrons. The molecule has 1 aliphatic heterocycles. The van der Waals surface area contributed by atoms with Crippen LogP contribution in [0.25, 0.3) is 0 Å². The molecule has 3 atom stereocenters. The van der Waals surface area contributed by atoms with Gasteiger partial charge in [-0.2, -0.15) is 0 Å². The smallest absolute Gasteiger partial charge is 0.0777 e. The highest BCUT2D eigenvalue weighted by Crippen LogP contribution is 2.26. The molecule has 0 bridgehead atoms. The molecule has 0 aromatic rings. The summed E-state index contributed by atoms with van der Waals surface area (Å²) in [7, 11) is 1.82. The number of piperidine rings is 1. The first-order chi connectivity index (χ1) is 7.02. The number of hydrogen-bond donors (Lipinski definition) is 1. The Balaban J connectivity index is 2.56. The van der Waals surface area contributed by atoms with Gasteiger partial charge in [0.25, 0.3) is 0 Å². The van der Waals surface area contributed by atoms with E-state index in [2.05, 4.69) is 25.7 Å². The fourth-order valence-corrected chi connectivity index (χ4v) is 2.31. The van der Waals surface area contributed by atoms with Crippen LogP contribution in [0.15, 0.2) is 0 Å². The Labute approximate surface area is 94.0 Å². The Morgan fingerprint density at radius 2 is 2.13 bits per heavy atom. The summed E-state index contributed by atoms with van der Waals surface area (Å²) in [6.45, 7) is 9.70. The van der Waals surface area contributed by atoms with E-state index in [4.69, 9.17) is 10.5 Å². The molecule has 0 aromatic heterocycles. The van der Waals surface area contributed by atoms with E-state index < -0.39 is 0 Å². The molecule has 90 valence electrons. The second-order valence-electron chi connectivity index (χ2n) is 5.18. The third-order valence-corrected chi connectivity index (χ3v) is 3.95. The molecular formula is C12H26N2O. The molecule has 1 aliphatic rings. The van der Waals surface area contributed by atoms with E-state index in [1.807, 2.05) is 7.11 Å². The fourth-order valence-electron chi connectivity index (χ4n) is 2.31. The van der Waals surface area contributed by atoms with E-state index in [0.717, 1.165) is 13.1 Å². The van der Waals surface area contributed by atoms with Crippen LogP contribution in [0.1, 0.15) is 33.6 Å². The highest BCUT2D eigenvalue weighted by Gasteiger charge is 2.33. The van der Waals surface area contributed by atoms with Crippen LogP contribution in [0, 0.1) is 5.92 Å². The second-order valence-corrected chi connectivity index (χ2v) is 5.18. The van der Waals surface area contributed by atoms with E-state index in [1.165, 1.54) is 19.4 Å². The molecule has 0 aliphatic carbocycles. The van der Waals surface area contributed by atoms with Crippen molar-refractivity contribution in [2.75, 3.05) is 26.7 Å². The van der Waals surface area contributed by atoms with Crippen molar-refractivity contribution in [2.24, 2.45) is 11.7 Å². The molecule has 0 spiro atoms. The molecule has 1 fully saturated rings. The van der Waals surface area contributed by atoms with E-state index in [-0.39, 0.29) is 5.60 Å². The van der Waals surface area contributed by atoms with Crippen LogP contribution in [0.2, 0.25) is 0 Å². The molecule has 3 unspecified atom stereocenters. The number of nitrogens with zero attached hydrogens (tertiary/aromatic N) is 1. The minimum Gasteiger partial charge on any atom is -0.377 e. The zero-order valence-electron chi connectivity index (χ0n) is 10.6. The number of nitrogens with two attached hydrogens (primary N) is 1. The van der Waals surface area contributed by atoms with Gasteiger partial charge in [-0.05, 0) is 45.7 Å². The van der Waals surface area contributed by atoms with Crippen molar-refractivity contribution >= 4 is 0 Å². The maximum absolute atomic E-state index is 5.72. The van der Waals surface area contributed by atoms with Gasteiger partial charge in [0.15, 0.2) is 0 Å². The van der Waals surface area contributed by atoms with Gasteiger partial charge in [0.05, 0.1) is 5.60 Å². The SMILES string of the molecule is COC1(C)CCCN(C(C)C(C)CN)C1. The number of methoxy groups -OCH3 is 1. The van der Waals surface area contributed by atoms with Gasteiger partial charge >= 0.3 is 0 Å². The monoisotopic (exact) mass is 214 g/mol. The van der Waals surface area contributed by atoms with Crippen molar-refractivity contribution in [2.45, 2.75) is 45.3 Å². The fraction of sp³-hybridized carbons (Fsp3) is 1.00. The molecule has 15 heavy (non-hydrogen) atoms. The van der Waals surface area contributed by atoms with Gasteiger partial charge < -0.3 is 10.5 Å². The number of likely N-dealkylation sites (tertiary alicyclic amines) is 1. The molecular weight excluding hydrogens is 188 g/mol. The summed E-state index contributed by atoms with van der Waals surface area (Å²) in [6.07, 6.45) is 2.40. The lowest BCUT2D eigenvalue weighted by Gasteiger charge is -2.43. The maximum Gasteiger partial charge on any atom is 0.0777 e. The molecule has 1 saturated heterocycles. The van der Waals surface area contributed by atoms with Gasteiger partial charge in [-0.3, -0.25) is 4.90 Å². The lowest BCUT2D eigenvalue weighted by atomic mass is 9.91. The Kier molecular flexibility index (Phi) is 4.56. The quantitative estimate of drug-likeness (QED) is 0.770. The first kappa shape index (κ1) is 12.9. The first-order valence-electron chi connectivity index (χ1n) is 6.01. The largest absolute Gasteiger partial charge is 0.377 e. The summed E-state index contributed by atoms with van der Waals surface area (Å²) in [5.41, 5.74) is 5.76. The van der Waals surface area contributed by atoms with Crippen molar-refractivity contribution in [3.8, 4) is 0 Å². The zero-order chi connectivity index (χ0) is 11.5. The first-order valence-corrected chi connectivity index (χ1v) is 6.01. The Morgan fingerprint density at radius 1 is 1.47 bits per heavy atom. The molecule has 1 rings (SSSR count). The average Bonchev–Trinajstić information content (AvgIpc) is 2.27. The Bertz CT molecular complexity index is 198. The van der Waals surface area contributed by atoms with Crippen LogP contribution < -0.4 is 5.73 Å². The van der Waals surface area contributed by atoms with Gasteiger partial charge in [0.1, 0.15) is 0 Å².